The second-order valence-electron chi connectivity index (χ2n) is 11.4. The summed E-state index contributed by atoms with van der Waals surface area (Å²) in [6.45, 7) is 6.53. The molecule has 5 rings (SSSR count). The third kappa shape index (κ3) is 5.19. The van der Waals surface area contributed by atoms with Crippen molar-refractivity contribution in [3.8, 4) is 0 Å². The van der Waals surface area contributed by atoms with Gasteiger partial charge < -0.3 is 20.1 Å². The Bertz CT molecular complexity index is 1480. The van der Waals surface area contributed by atoms with Gasteiger partial charge in [0.2, 0.25) is 5.67 Å². The number of thiazole rings is 1. The first-order valence-electron chi connectivity index (χ1n) is 13.7. The van der Waals surface area contributed by atoms with Gasteiger partial charge in [-0.1, -0.05) is 12.1 Å². The number of carbonyl (C=O) groups is 3. The van der Waals surface area contributed by atoms with Crippen LogP contribution in [-0.4, -0.2) is 88.1 Å². The lowest BCUT2D eigenvalue weighted by Crippen LogP contribution is -2.45. The molecule has 10 nitrogen and oxygen atoms in total. The third-order valence-corrected chi connectivity index (χ3v) is 8.93. The van der Waals surface area contributed by atoms with E-state index < -0.39 is 46.8 Å². The molecule has 2 N–H and O–H groups in total. The normalized spacial score (nSPS) is 24.5. The molecule has 1 aromatic carbocycles. The van der Waals surface area contributed by atoms with Crippen LogP contribution in [0.4, 0.5) is 8.78 Å². The molecule has 3 atom stereocenters. The van der Waals surface area contributed by atoms with Crippen molar-refractivity contribution in [1.29, 1.82) is 0 Å². The molecule has 13 heteroatoms. The van der Waals surface area contributed by atoms with E-state index in [0.29, 0.717) is 27.7 Å². The zero-order chi connectivity index (χ0) is 30.4. The number of carbonyl (C=O) groups excluding carboxylic acids is 2. The zero-order valence-corrected chi connectivity index (χ0v) is 24.6. The summed E-state index contributed by atoms with van der Waals surface area (Å²) >= 11 is 1.33. The van der Waals surface area contributed by atoms with Gasteiger partial charge in [-0.25, -0.2) is 18.6 Å². The van der Waals surface area contributed by atoms with Crippen molar-refractivity contribution in [2.24, 2.45) is 10.4 Å². The van der Waals surface area contributed by atoms with E-state index in [0.717, 1.165) is 0 Å². The molecule has 1 amide bonds. The fourth-order valence-corrected chi connectivity index (χ4v) is 6.41. The quantitative estimate of drug-likeness (QED) is 0.420. The second kappa shape index (κ2) is 11.2. The number of carboxylic acid groups (broad SMARTS) is 1. The van der Waals surface area contributed by atoms with Gasteiger partial charge in [-0.05, 0) is 44.9 Å². The Labute approximate surface area is 246 Å². The fourth-order valence-electron chi connectivity index (χ4n) is 5.82. The highest BCUT2D eigenvalue weighted by Crippen LogP contribution is 2.42. The number of aromatic nitrogens is 1. The van der Waals surface area contributed by atoms with Crippen LogP contribution in [0.1, 0.15) is 49.4 Å². The van der Waals surface area contributed by atoms with Crippen molar-refractivity contribution in [1.82, 2.24) is 20.1 Å². The lowest BCUT2D eigenvalue weighted by atomic mass is 9.92. The molecule has 0 spiro atoms. The molecule has 42 heavy (non-hydrogen) atoms. The molecule has 0 saturated carbocycles. The number of rotatable bonds is 9. The first kappa shape index (κ1) is 29.8. The Kier molecular flexibility index (Phi) is 7.92. The van der Waals surface area contributed by atoms with E-state index in [1.165, 1.54) is 36.2 Å². The summed E-state index contributed by atoms with van der Waals surface area (Å²) in [5.41, 5.74) is -2.08. The van der Waals surface area contributed by atoms with Gasteiger partial charge >= 0.3 is 11.9 Å². The number of halogens is 2. The number of benzene rings is 1. The maximum absolute atomic E-state index is 16.3. The Balaban J connectivity index is 1.54. The number of ether oxygens (including phenoxy) is 1. The molecule has 0 aliphatic carbocycles. The number of aliphatic imine (C=N–C) groups is 1. The molecular formula is C29H33F2N5O5S. The zero-order valence-electron chi connectivity index (χ0n) is 23.8. The highest BCUT2D eigenvalue weighted by Gasteiger charge is 2.61. The summed E-state index contributed by atoms with van der Waals surface area (Å²) in [7, 11) is 0. The maximum atomic E-state index is 16.3. The average molecular weight is 602 g/mol. The van der Waals surface area contributed by atoms with Crippen molar-refractivity contribution in [3.05, 3.63) is 63.0 Å². The number of amides is 1. The Morgan fingerprint density at radius 1 is 1.33 bits per heavy atom. The van der Waals surface area contributed by atoms with Crippen LogP contribution in [0.3, 0.4) is 0 Å². The smallest absolute Gasteiger partial charge is 0.338 e. The van der Waals surface area contributed by atoms with Crippen LogP contribution in [0.2, 0.25) is 0 Å². The summed E-state index contributed by atoms with van der Waals surface area (Å²) in [5.74, 6) is -2.52. The van der Waals surface area contributed by atoms with Gasteiger partial charge in [-0.2, -0.15) is 0 Å². The van der Waals surface area contributed by atoms with Gasteiger partial charge in [0.15, 0.2) is 10.8 Å². The number of carboxylic acids is 1. The number of hydrogen-bond acceptors (Lipinski definition) is 9. The van der Waals surface area contributed by atoms with Crippen LogP contribution < -0.4 is 5.32 Å². The number of hydrogen-bond donors (Lipinski definition) is 2. The third-order valence-electron chi connectivity index (χ3n) is 8.15. The molecule has 3 aliphatic heterocycles. The Hall–Kier alpha value is -3.71. The predicted octanol–water partition coefficient (Wildman–Crippen LogP) is 3.23. The van der Waals surface area contributed by atoms with E-state index in [9.17, 15) is 23.9 Å². The average Bonchev–Trinajstić information content (AvgIpc) is 3.64. The fraction of sp³-hybridized carbons (Fsp3) is 0.483. The Morgan fingerprint density at radius 3 is 2.76 bits per heavy atom. The molecular weight excluding hydrogens is 568 g/mol. The van der Waals surface area contributed by atoms with Crippen LogP contribution >= 0.6 is 11.3 Å². The van der Waals surface area contributed by atoms with Gasteiger partial charge in [0.05, 0.1) is 23.6 Å². The number of nitrogens with one attached hydrogen (secondary N) is 1. The monoisotopic (exact) mass is 601 g/mol. The number of aliphatic carboxylic acids is 1. The van der Waals surface area contributed by atoms with Crippen LogP contribution in [0.15, 0.2) is 46.0 Å². The largest absolute Gasteiger partial charge is 0.481 e. The topological polar surface area (TPSA) is 124 Å². The molecule has 3 aliphatic rings. The number of nitrogens with zero attached hydrogens (tertiary/aromatic N) is 4. The van der Waals surface area contributed by atoms with E-state index in [4.69, 9.17) is 9.73 Å². The molecule has 2 fully saturated rings. The molecule has 0 unspecified atom stereocenters. The molecule has 0 bridgehead atoms. The standard InChI is InChI=1S/C29H33F2N5O5S/c1-5-41-25(37)21-19(13-35-11-9-29(31)20(35)14-36(26(29)38)15-28(3,4)27(39)40)33-23(24-32-10-12-42-24)34-22(21)17-7-6-8-18(30)16(17)2/h6-8,10,12,20,22H,5,9,11,13-15H2,1-4H3,(H,33,34)(H,39,40)/t20-,22-,29+/m0/s1. The van der Waals surface area contributed by atoms with Crippen molar-refractivity contribution < 1.29 is 33.0 Å². The Morgan fingerprint density at radius 2 is 2.10 bits per heavy atom. The number of amidine groups is 1. The van der Waals surface area contributed by atoms with Gasteiger partial charge in [-0.15, -0.1) is 11.3 Å². The molecule has 1 aromatic heterocycles. The van der Waals surface area contributed by atoms with E-state index in [1.807, 2.05) is 0 Å². The minimum absolute atomic E-state index is 0.00786. The minimum atomic E-state index is -2.18. The highest BCUT2D eigenvalue weighted by atomic mass is 32.1. The molecule has 2 aromatic rings. The lowest BCUT2D eigenvalue weighted by molar-refractivity contribution is -0.150. The molecule has 0 radical (unpaired) electrons. The number of likely N-dealkylation sites (tertiary alicyclic amines) is 2. The van der Waals surface area contributed by atoms with Crippen LogP contribution in [0, 0.1) is 18.2 Å². The van der Waals surface area contributed by atoms with Gasteiger partial charge in [0.1, 0.15) is 11.9 Å². The van der Waals surface area contributed by atoms with E-state index in [2.05, 4.69) is 10.3 Å². The van der Waals surface area contributed by atoms with Crippen LogP contribution in [0.25, 0.3) is 0 Å². The highest BCUT2D eigenvalue weighted by molar-refractivity contribution is 7.11. The minimum Gasteiger partial charge on any atom is -0.481 e. The SMILES string of the molecule is CCOC(=O)C1=C(CN2CC[C@]3(F)C(=O)N(CC(C)(C)C(=O)O)C[C@H]23)NC(c2nccs2)=N[C@H]1c1cccc(F)c1C. The first-order valence-corrected chi connectivity index (χ1v) is 14.6. The lowest BCUT2D eigenvalue weighted by Gasteiger charge is -2.32. The number of esters is 1. The molecule has 2 saturated heterocycles. The van der Waals surface area contributed by atoms with E-state index >= 15 is 4.39 Å². The summed E-state index contributed by atoms with van der Waals surface area (Å²) in [6, 6.07) is 2.80. The van der Waals surface area contributed by atoms with Crippen LogP contribution in [0.5, 0.6) is 0 Å². The summed E-state index contributed by atoms with van der Waals surface area (Å²) < 4.78 is 36.4. The van der Waals surface area contributed by atoms with Gasteiger partial charge in [-0.3, -0.25) is 19.5 Å². The molecule has 4 heterocycles. The van der Waals surface area contributed by atoms with Crippen molar-refractivity contribution in [2.45, 2.75) is 51.9 Å². The second-order valence-corrected chi connectivity index (χ2v) is 12.3. The van der Waals surface area contributed by atoms with E-state index in [-0.39, 0.29) is 44.8 Å². The van der Waals surface area contributed by atoms with Crippen molar-refractivity contribution >= 4 is 35.0 Å². The first-order chi connectivity index (χ1) is 19.9. The van der Waals surface area contributed by atoms with Gasteiger partial charge in [0.25, 0.3) is 5.91 Å². The summed E-state index contributed by atoms with van der Waals surface area (Å²) in [6.07, 6.45) is 1.55. The predicted molar refractivity (Wildman–Crippen MR) is 151 cm³/mol. The van der Waals surface area contributed by atoms with Crippen molar-refractivity contribution in [2.75, 3.05) is 32.8 Å². The maximum Gasteiger partial charge on any atom is 0.338 e. The number of alkyl halides is 1. The van der Waals surface area contributed by atoms with Crippen LogP contribution in [-0.2, 0) is 19.1 Å². The van der Waals surface area contributed by atoms with Gasteiger partial charge in [0, 0.05) is 49.9 Å². The molecule has 224 valence electrons. The summed E-state index contributed by atoms with van der Waals surface area (Å²) in [5, 5.41) is 15.1. The van der Waals surface area contributed by atoms with E-state index in [1.54, 1.807) is 42.5 Å². The van der Waals surface area contributed by atoms with Crippen molar-refractivity contribution in [3.63, 3.8) is 0 Å². The number of fused-ring (bicyclic) bond motifs is 1. The summed E-state index contributed by atoms with van der Waals surface area (Å²) in [4.78, 5) is 50.6.